The Bertz CT molecular complexity index is 797. The largest absolute Gasteiger partial charge is 0.497 e. The molecule has 0 bridgehead atoms. The number of carbonyl (C=O) groups is 3. The maximum Gasteiger partial charge on any atom is 0.414 e. The van der Waals surface area contributed by atoms with E-state index in [9.17, 15) is 9.18 Å². The molecule has 0 aliphatic rings. The lowest BCUT2D eigenvalue weighted by atomic mass is 10.1. The molecular weight excluding hydrogens is 395 g/mol. The van der Waals surface area contributed by atoms with Crippen molar-refractivity contribution >= 4 is 17.8 Å². The normalized spacial score (nSPS) is 9.80. The summed E-state index contributed by atoms with van der Waals surface area (Å²) in [6, 6.07) is 14.2. The Kier molecular flexibility index (Phi) is 11.2. The molecule has 162 valence electrons. The summed E-state index contributed by atoms with van der Waals surface area (Å²) in [5.74, 6) is -3.08. The van der Waals surface area contributed by atoms with Gasteiger partial charge in [-0.25, -0.2) is 14.0 Å². The number of methoxy groups -OCH3 is 1. The third kappa shape index (κ3) is 10.8. The Morgan fingerprint density at radius 1 is 0.867 bits per heavy atom. The van der Waals surface area contributed by atoms with E-state index in [2.05, 4.69) is 10.6 Å². The van der Waals surface area contributed by atoms with E-state index in [0.717, 1.165) is 29.7 Å². The predicted molar refractivity (Wildman–Crippen MR) is 108 cm³/mol. The van der Waals surface area contributed by atoms with E-state index in [1.807, 2.05) is 24.3 Å². The Hall–Kier alpha value is -3.46. The third-order valence-corrected chi connectivity index (χ3v) is 3.87. The van der Waals surface area contributed by atoms with Crippen LogP contribution in [0.5, 0.6) is 5.75 Å². The molecule has 0 spiro atoms. The van der Waals surface area contributed by atoms with Gasteiger partial charge in [-0.15, -0.1) is 0 Å². The van der Waals surface area contributed by atoms with E-state index >= 15 is 0 Å². The third-order valence-electron chi connectivity index (χ3n) is 3.87. The lowest BCUT2D eigenvalue weighted by Gasteiger charge is -2.07. The van der Waals surface area contributed by atoms with Crippen LogP contribution in [0.3, 0.4) is 0 Å². The number of amides is 1. The molecule has 30 heavy (non-hydrogen) atoms. The Balaban J connectivity index is 0.000000656. The van der Waals surface area contributed by atoms with E-state index in [4.69, 9.17) is 24.5 Å². The molecule has 0 saturated heterocycles. The number of carboxylic acid groups (broad SMARTS) is 2. The number of benzene rings is 2. The number of hydrogen-bond donors (Lipinski definition) is 4. The lowest BCUT2D eigenvalue weighted by Crippen LogP contribution is -2.35. The first kappa shape index (κ1) is 24.6. The van der Waals surface area contributed by atoms with E-state index in [1.165, 1.54) is 12.1 Å². The van der Waals surface area contributed by atoms with E-state index in [1.54, 1.807) is 19.2 Å². The van der Waals surface area contributed by atoms with Crippen LogP contribution in [0, 0.1) is 5.82 Å². The molecule has 0 aliphatic heterocycles. The van der Waals surface area contributed by atoms with E-state index in [-0.39, 0.29) is 18.3 Å². The van der Waals surface area contributed by atoms with Gasteiger partial charge in [0.1, 0.15) is 11.6 Å². The molecule has 0 heterocycles. The molecule has 2 aromatic carbocycles. The SMILES string of the molecule is COc1ccc(CCNC(=O)CNCCc2ccc(F)cc2)cc1.O=C(O)C(=O)O. The number of aliphatic carboxylic acids is 2. The quantitative estimate of drug-likeness (QED) is 0.358. The van der Waals surface area contributed by atoms with Crippen molar-refractivity contribution in [1.82, 2.24) is 10.6 Å². The molecule has 0 saturated carbocycles. The number of nitrogens with one attached hydrogen (secondary N) is 2. The van der Waals surface area contributed by atoms with Crippen molar-refractivity contribution in [3.05, 3.63) is 65.5 Å². The van der Waals surface area contributed by atoms with Gasteiger partial charge in [-0.1, -0.05) is 24.3 Å². The molecule has 2 rings (SSSR count). The van der Waals surface area contributed by atoms with Crippen LogP contribution in [-0.2, 0) is 27.2 Å². The molecule has 4 N–H and O–H groups in total. The van der Waals surface area contributed by atoms with Crippen molar-refractivity contribution in [2.24, 2.45) is 0 Å². The van der Waals surface area contributed by atoms with Gasteiger partial charge < -0.3 is 25.6 Å². The van der Waals surface area contributed by atoms with Gasteiger partial charge in [-0.05, 0) is 54.8 Å². The minimum atomic E-state index is -1.82. The summed E-state index contributed by atoms with van der Waals surface area (Å²) < 4.78 is 17.9. The summed E-state index contributed by atoms with van der Waals surface area (Å²) in [6.07, 6.45) is 1.55. The van der Waals surface area contributed by atoms with Gasteiger partial charge in [0.25, 0.3) is 0 Å². The van der Waals surface area contributed by atoms with Gasteiger partial charge >= 0.3 is 11.9 Å². The predicted octanol–water partition coefficient (Wildman–Crippen LogP) is 1.48. The van der Waals surface area contributed by atoms with Crippen molar-refractivity contribution in [3.8, 4) is 5.75 Å². The van der Waals surface area contributed by atoms with Crippen LogP contribution in [-0.4, -0.2) is 54.8 Å². The van der Waals surface area contributed by atoms with Crippen molar-refractivity contribution in [2.75, 3.05) is 26.7 Å². The average molecular weight is 420 g/mol. The Labute approximate surface area is 173 Å². The fourth-order valence-corrected chi connectivity index (χ4v) is 2.29. The summed E-state index contributed by atoms with van der Waals surface area (Å²) in [5, 5.41) is 20.8. The van der Waals surface area contributed by atoms with Gasteiger partial charge in [0, 0.05) is 6.54 Å². The molecule has 8 nitrogen and oxygen atoms in total. The number of ether oxygens (including phenoxy) is 1. The first-order chi connectivity index (χ1) is 14.3. The van der Waals surface area contributed by atoms with Crippen molar-refractivity contribution in [1.29, 1.82) is 0 Å². The van der Waals surface area contributed by atoms with E-state index in [0.29, 0.717) is 13.1 Å². The maximum absolute atomic E-state index is 12.8. The zero-order valence-corrected chi connectivity index (χ0v) is 16.6. The average Bonchev–Trinajstić information content (AvgIpc) is 2.73. The fourth-order valence-electron chi connectivity index (χ4n) is 2.29. The molecule has 0 aliphatic carbocycles. The van der Waals surface area contributed by atoms with Gasteiger partial charge in [0.2, 0.25) is 5.91 Å². The van der Waals surface area contributed by atoms with Crippen LogP contribution in [0.1, 0.15) is 11.1 Å². The molecule has 9 heteroatoms. The molecule has 0 atom stereocenters. The second-order valence-electron chi connectivity index (χ2n) is 6.11. The second kappa shape index (κ2) is 13.7. The van der Waals surface area contributed by atoms with Gasteiger partial charge in [0.15, 0.2) is 0 Å². The topological polar surface area (TPSA) is 125 Å². The van der Waals surface area contributed by atoms with Crippen molar-refractivity contribution in [3.63, 3.8) is 0 Å². The first-order valence-corrected chi connectivity index (χ1v) is 9.12. The van der Waals surface area contributed by atoms with Crippen LogP contribution >= 0.6 is 0 Å². The summed E-state index contributed by atoms with van der Waals surface area (Å²) in [6.45, 7) is 1.56. The van der Waals surface area contributed by atoms with Crippen LogP contribution in [0.25, 0.3) is 0 Å². The summed E-state index contributed by atoms with van der Waals surface area (Å²) in [4.78, 5) is 29.9. The molecule has 0 unspecified atom stereocenters. The molecule has 1 amide bonds. The maximum atomic E-state index is 12.8. The minimum absolute atomic E-state index is 0.0254. The van der Waals surface area contributed by atoms with Crippen LogP contribution in [0.4, 0.5) is 4.39 Å². The number of rotatable bonds is 9. The lowest BCUT2D eigenvalue weighted by molar-refractivity contribution is -0.159. The van der Waals surface area contributed by atoms with Gasteiger partial charge in [0.05, 0.1) is 13.7 Å². The summed E-state index contributed by atoms with van der Waals surface area (Å²) in [7, 11) is 1.64. The van der Waals surface area contributed by atoms with E-state index < -0.39 is 11.9 Å². The Morgan fingerprint density at radius 2 is 1.37 bits per heavy atom. The van der Waals surface area contributed by atoms with Crippen LogP contribution in [0.15, 0.2) is 48.5 Å². The molecular formula is C21H25FN2O6. The van der Waals surface area contributed by atoms with Crippen molar-refractivity contribution in [2.45, 2.75) is 12.8 Å². The molecule has 2 aromatic rings. The fraction of sp³-hybridized carbons (Fsp3) is 0.286. The first-order valence-electron chi connectivity index (χ1n) is 9.12. The highest BCUT2D eigenvalue weighted by Crippen LogP contribution is 2.11. The van der Waals surface area contributed by atoms with Crippen LogP contribution < -0.4 is 15.4 Å². The van der Waals surface area contributed by atoms with Crippen LogP contribution in [0.2, 0.25) is 0 Å². The molecule has 0 radical (unpaired) electrons. The standard InChI is InChI=1S/C19H23FN2O2.C2H2O4/c1-24-18-8-4-16(5-9-18)11-13-22-19(23)14-21-12-10-15-2-6-17(20)7-3-15;3-1(4)2(5)6/h2-9,21H,10-14H2,1H3,(H,22,23);(H,3,4)(H,5,6). The number of carbonyl (C=O) groups excluding carboxylic acids is 1. The highest BCUT2D eigenvalue weighted by molar-refractivity contribution is 6.27. The second-order valence-corrected chi connectivity index (χ2v) is 6.11. The highest BCUT2D eigenvalue weighted by atomic mass is 19.1. The number of carboxylic acids is 2. The molecule has 0 aromatic heterocycles. The number of hydrogen-bond acceptors (Lipinski definition) is 5. The zero-order chi connectivity index (χ0) is 22.4. The summed E-state index contributed by atoms with van der Waals surface area (Å²) in [5.41, 5.74) is 2.20. The minimum Gasteiger partial charge on any atom is -0.497 e. The van der Waals surface area contributed by atoms with Gasteiger partial charge in [-0.3, -0.25) is 4.79 Å². The number of halogens is 1. The highest BCUT2D eigenvalue weighted by Gasteiger charge is 2.04. The smallest absolute Gasteiger partial charge is 0.414 e. The Morgan fingerprint density at radius 3 is 1.87 bits per heavy atom. The molecule has 0 fully saturated rings. The summed E-state index contributed by atoms with van der Waals surface area (Å²) >= 11 is 0. The van der Waals surface area contributed by atoms with Gasteiger partial charge in [-0.2, -0.15) is 0 Å². The monoisotopic (exact) mass is 420 g/mol. The zero-order valence-electron chi connectivity index (χ0n) is 16.6. The van der Waals surface area contributed by atoms with Crippen molar-refractivity contribution < 1.29 is 33.7 Å².